The molecule has 25 heavy (non-hydrogen) atoms. The van der Waals surface area contributed by atoms with Crippen LogP contribution in [0.15, 0.2) is 47.4 Å². The minimum Gasteiger partial charge on any atom is -0.363 e. The fourth-order valence-electron chi connectivity index (χ4n) is 2.62. The van der Waals surface area contributed by atoms with Crippen LogP contribution in [0.5, 0.6) is 0 Å². The summed E-state index contributed by atoms with van der Waals surface area (Å²) in [6.45, 7) is 6.40. The Kier molecular flexibility index (Phi) is 5.38. The number of anilines is 1. The highest BCUT2D eigenvalue weighted by Gasteiger charge is 2.12. The molecule has 1 atom stereocenters. The number of pyridine rings is 2. The predicted molar refractivity (Wildman–Crippen MR) is 97.0 cm³/mol. The molecule has 0 saturated heterocycles. The van der Waals surface area contributed by atoms with Crippen molar-refractivity contribution in [1.82, 2.24) is 20.1 Å². The van der Waals surface area contributed by atoms with E-state index < -0.39 is 0 Å². The first-order valence-corrected chi connectivity index (χ1v) is 8.61. The maximum atomic E-state index is 5.33. The number of aromatic nitrogens is 4. The van der Waals surface area contributed by atoms with Gasteiger partial charge in [0, 0.05) is 25.0 Å². The summed E-state index contributed by atoms with van der Waals surface area (Å²) in [7, 11) is 0. The summed E-state index contributed by atoms with van der Waals surface area (Å²) in [5.74, 6) is 2.55. The standard InChI is InChI=1S/C19H23N5O/c1-4-16(14-7-9-20-10-8-14)22-17-6-5-15(12-21-17)19-23-18(24-25-19)11-13(2)3/h5-10,12-13,16H,4,11H2,1-3H3,(H,21,22). The van der Waals surface area contributed by atoms with E-state index in [0.29, 0.717) is 11.8 Å². The van der Waals surface area contributed by atoms with Gasteiger partial charge >= 0.3 is 0 Å². The quantitative estimate of drug-likeness (QED) is 0.693. The van der Waals surface area contributed by atoms with Gasteiger partial charge in [-0.2, -0.15) is 4.98 Å². The first-order valence-electron chi connectivity index (χ1n) is 8.61. The minimum atomic E-state index is 0.197. The highest BCUT2D eigenvalue weighted by atomic mass is 16.5. The highest BCUT2D eigenvalue weighted by Crippen LogP contribution is 2.23. The van der Waals surface area contributed by atoms with Gasteiger partial charge in [0.15, 0.2) is 5.82 Å². The van der Waals surface area contributed by atoms with Gasteiger partial charge in [-0.15, -0.1) is 0 Å². The van der Waals surface area contributed by atoms with Crippen molar-refractivity contribution in [2.45, 2.75) is 39.7 Å². The van der Waals surface area contributed by atoms with Gasteiger partial charge in [-0.05, 0) is 42.2 Å². The molecule has 0 fully saturated rings. The molecular formula is C19H23N5O. The molecule has 3 rings (SSSR count). The predicted octanol–water partition coefficient (Wildman–Crippen LogP) is 4.29. The number of rotatable bonds is 7. The van der Waals surface area contributed by atoms with Crippen LogP contribution in [0.25, 0.3) is 11.5 Å². The van der Waals surface area contributed by atoms with Crippen LogP contribution in [0, 0.1) is 5.92 Å². The van der Waals surface area contributed by atoms with Crippen molar-refractivity contribution in [3.63, 3.8) is 0 Å². The van der Waals surface area contributed by atoms with Crippen LogP contribution in [0.2, 0.25) is 0 Å². The Morgan fingerprint density at radius 3 is 2.56 bits per heavy atom. The van der Waals surface area contributed by atoms with Crippen molar-refractivity contribution < 1.29 is 4.52 Å². The van der Waals surface area contributed by atoms with Crippen molar-refractivity contribution in [2.24, 2.45) is 5.92 Å². The lowest BCUT2D eigenvalue weighted by molar-refractivity contribution is 0.417. The van der Waals surface area contributed by atoms with Gasteiger partial charge < -0.3 is 9.84 Å². The summed E-state index contributed by atoms with van der Waals surface area (Å²) in [4.78, 5) is 13.0. The average Bonchev–Trinajstić information content (AvgIpc) is 3.08. The fraction of sp³-hybridized carbons (Fsp3) is 0.368. The van der Waals surface area contributed by atoms with E-state index in [1.54, 1.807) is 18.6 Å². The minimum absolute atomic E-state index is 0.197. The normalized spacial score (nSPS) is 12.3. The van der Waals surface area contributed by atoms with E-state index in [-0.39, 0.29) is 6.04 Å². The van der Waals surface area contributed by atoms with Gasteiger partial charge in [0.25, 0.3) is 5.89 Å². The first-order chi connectivity index (χ1) is 12.2. The van der Waals surface area contributed by atoms with Crippen molar-refractivity contribution >= 4 is 5.82 Å². The largest absolute Gasteiger partial charge is 0.363 e. The zero-order chi connectivity index (χ0) is 17.6. The lowest BCUT2D eigenvalue weighted by Gasteiger charge is -2.17. The van der Waals surface area contributed by atoms with E-state index in [1.807, 2.05) is 24.3 Å². The summed E-state index contributed by atoms with van der Waals surface area (Å²) in [5.41, 5.74) is 2.02. The summed E-state index contributed by atoms with van der Waals surface area (Å²) in [6.07, 6.45) is 7.13. The summed E-state index contributed by atoms with van der Waals surface area (Å²) >= 11 is 0. The molecule has 3 heterocycles. The third kappa shape index (κ3) is 4.41. The Bertz CT molecular complexity index is 783. The molecule has 0 aliphatic heterocycles. The van der Waals surface area contributed by atoms with Gasteiger partial charge in [-0.1, -0.05) is 25.9 Å². The van der Waals surface area contributed by atoms with Crippen LogP contribution in [-0.2, 0) is 6.42 Å². The molecule has 0 radical (unpaired) electrons. The molecule has 6 nitrogen and oxygen atoms in total. The maximum absolute atomic E-state index is 5.33. The van der Waals surface area contributed by atoms with E-state index >= 15 is 0 Å². The third-order valence-corrected chi connectivity index (χ3v) is 3.91. The second-order valence-electron chi connectivity index (χ2n) is 6.43. The number of hydrogen-bond acceptors (Lipinski definition) is 6. The summed E-state index contributed by atoms with van der Waals surface area (Å²) in [5, 5.41) is 7.47. The van der Waals surface area contributed by atoms with Gasteiger partial charge in [0.2, 0.25) is 0 Å². The van der Waals surface area contributed by atoms with E-state index in [2.05, 4.69) is 46.2 Å². The van der Waals surface area contributed by atoms with Crippen molar-refractivity contribution in [2.75, 3.05) is 5.32 Å². The molecule has 0 aliphatic carbocycles. The van der Waals surface area contributed by atoms with Crippen LogP contribution < -0.4 is 5.32 Å². The van der Waals surface area contributed by atoms with E-state index in [1.165, 1.54) is 5.56 Å². The molecule has 0 spiro atoms. The van der Waals surface area contributed by atoms with Gasteiger partial charge in [-0.25, -0.2) is 4.98 Å². The molecule has 130 valence electrons. The van der Waals surface area contributed by atoms with Crippen LogP contribution in [0.3, 0.4) is 0 Å². The number of hydrogen-bond donors (Lipinski definition) is 1. The molecule has 1 N–H and O–H groups in total. The highest BCUT2D eigenvalue weighted by molar-refractivity contribution is 5.54. The van der Waals surface area contributed by atoms with Crippen molar-refractivity contribution in [3.8, 4) is 11.5 Å². The van der Waals surface area contributed by atoms with Crippen molar-refractivity contribution in [3.05, 3.63) is 54.2 Å². The smallest absolute Gasteiger partial charge is 0.259 e. The third-order valence-electron chi connectivity index (χ3n) is 3.91. The fourth-order valence-corrected chi connectivity index (χ4v) is 2.62. The molecule has 6 heteroatoms. The van der Waals surface area contributed by atoms with E-state index in [0.717, 1.165) is 30.0 Å². The molecule has 0 bridgehead atoms. The zero-order valence-corrected chi connectivity index (χ0v) is 14.8. The maximum Gasteiger partial charge on any atom is 0.259 e. The van der Waals surface area contributed by atoms with E-state index in [4.69, 9.17) is 4.52 Å². The Balaban J connectivity index is 1.70. The second-order valence-corrected chi connectivity index (χ2v) is 6.43. The molecule has 0 saturated carbocycles. The molecular weight excluding hydrogens is 314 g/mol. The van der Waals surface area contributed by atoms with Gasteiger partial charge in [0.1, 0.15) is 5.82 Å². The molecule has 1 unspecified atom stereocenters. The summed E-state index contributed by atoms with van der Waals surface area (Å²) in [6, 6.07) is 8.11. The topological polar surface area (TPSA) is 76.7 Å². The monoisotopic (exact) mass is 337 g/mol. The molecule has 0 amide bonds. The Morgan fingerprint density at radius 1 is 1.12 bits per heavy atom. The van der Waals surface area contributed by atoms with Crippen LogP contribution >= 0.6 is 0 Å². The Hall–Kier alpha value is -2.76. The Morgan fingerprint density at radius 2 is 1.92 bits per heavy atom. The van der Waals surface area contributed by atoms with Gasteiger partial charge in [0.05, 0.1) is 11.6 Å². The lowest BCUT2D eigenvalue weighted by Crippen LogP contribution is -2.10. The molecule has 0 aliphatic rings. The van der Waals surface area contributed by atoms with Crippen LogP contribution in [0.4, 0.5) is 5.82 Å². The SMILES string of the molecule is CCC(Nc1ccc(-c2nc(CC(C)C)no2)cn1)c1ccncc1. The van der Waals surface area contributed by atoms with E-state index in [9.17, 15) is 0 Å². The zero-order valence-electron chi connectivity index (χ0n) is 14.8. The van der Waals surface area contributed by atoms with Crippen LogP contribution in [-0.4, -0.2) is 20.1 Å². The summed E-state index contributed by atoms with van der Waals surface area (Å²) < 4.78 is 5.33. The first kappa shape index (κ1) is 17.1. The molecule has 3 aromatic heterocycles. The molecule has 3 aromatic rings. The van der Waals surface area contributed by atoms with Crippen LogP contribution in [0.1, 0.15) is 44.6 Å². The molecule has 0 aromatic carbocycles. The lowest BCUT2D eigenvalue weighted by atomic mass is 10.1. The second kappa shape index (κ2) is 7.88. The number of nitrogens with zero attached hydrogens (tertiary/aromatic N) is 4. The Labute approximate surface area is 147 Å². The average molecular weight is 337 g/mol. The van der Waals surface area contributed by atoms with Crippen molar-refractivity contribution in [1.29, 1.82) is 0 Å². The number of nitrogens with one attached hydrogen (secondary N) is 1. The van der Waals surface area contributed by atoms with Gasteiger partial charge in [-0.3, -0.25) is 4.98 Å².